The first-order valence-electron chi connectivity index (χ1n) is 5.75. The fraction of sp³-hybridized carbons (Fsp3) is 0.500. The minimum Gasteiger partial charge on any atom is -0.489 e. The Morgan fingerprint density at radius 2 is 2.21 bits per heavy atom. The van der Waals surface area contributed by atoms with Crippen LogP contribution in [-0.4, -0.2) is 47.1 Å². The normalized spacial score (nSPS) is 14.1. The van der Waals surface area contributed by atoms with E-state index in [1.165, 1.54) is 0 Å². The number of aliphatic hydroxyl groups excluding tert-OH is 1. The Bertz CT molecular complexity index is 431. The lowest BCUT2D eigenvalue weighted by Gasteiger charge is -2.14. The van der Waals surface area contributed by atoms with Crippen molar-refractivity contribution in [2.24, 2.45) is 0 Å². The van der Waals surface area contributed by atoms with Gasteiger partial charge in [0.2, 0.25) is 0 Å². The predicted octanol–water partition coefficient (Wildman–Crippen LogP) is 1.70. The number of rotatable bonds is 8. The molecule has 1 aromatic carbocycles. The molecule has 2 unspecified atom stereocenters. The predicted molar refractivity (Wildman–Crippen MR) is 79.8 cm³/mol. The van der Waals surface area contributed by atoms with Gasteiger partial charge in [-0.1, -0.05) is 23.2 Å². The van der Waals surface area contributed by atoms with Gasteiger partial charge in [-0.25, -0.2) is 0 Å². The highest BCUT2D eigenvalue weighted by Crippen LogP contribution is 2.27. The summed E-state index contributed by atoms with van der Waals surface area (Å²) in [5, 5.41) is 13.7. The summed E-state index contributed by atoms with van der Waals surface area (Å²) in [6, 6.07) is 4.91. The SMILES string of the molecule is CS(=O)CCNCC(O)COc1cc(Cl)ccc1Cl. The Morgan fingerprint density at radius 3 is 2.89 bits per heavy atom. The molecular formula is C12H17Cl2NO3S. The molecule has 19 heavy (non-hydrogen) atoms. The van der Waals surface area contributed by atoms with E-state index in [4.69, 9.17) is 27.9 Å². The van der Waals surface area contributed by atoms with E-state index in [-0.39, 0.29) is 6.61 Å². The number of halogens is 2. The molecule has 0 bridgehead atoms. The molecule has 0 amide bonds. The average molecular weight is 326 g/mol. The molecule has 4 nitrogen and oxygen atoms in total. The summed E-state index contributed by atoms with van der Waals surface area (Å²) in [5.41, 5.74) is 0. The third kappa shape index (κ3) is 7.13. The van der Waals surface area contributed by atoms with E-state index in [0.717, 1.165) is 0 Å². The van der Waals surface area contributed by atoms with Crippen molar-refractivity contribution in [3.63, 3.8) is 0 Å². The summed E-state index contributed by atoms with van der Waals surface area (Å²) in [7, 11) is -0.827. The van der Waals surface area contributed by atoms with Gasteiger partial charge in [0.15, 0.2) is 0 Å². The monoisotopic (exact) mass is 325 g/mol. The summed E-state index contributed by atoms with van der Waals surface area (Å²) in [5.74, 6) is 1.01. The molecule has 108 valence electrons. The van der Waals surface area contributed by atoms with Crippen molar-refractivity contribution in [3.05, 3.63) is 28.2 Å². The molecule has 0 aliphatic heterocycles. The molecule has 0 fully saturated rings. The van der Waals surface area contributed by atoms with Crippen LogP contribution in [0.25, 0.3) is 0 Å². The van der Waals surface area contributed by atoms with E-state index in [1.54, 1.807) is 24.5 Å². The topological polar surface area (TPSA) is 58.6 Å². The van der Waals surface area contributed by atoms with Crippen LogP contribution in [0.1, 0.15) is 0 Å². The maximum absolute atomic E-state index is 10.8. The fourth-order valence-corrected chi connectivity index (χ4v) is 2.08. The van der Waals surface area contributed by atoms with Gasteiger partial charge < -0.3 is 15.2 Å². The molecule has 0 spiro atoms. The quantitative estimate of drug-likeness (QED) is 0.714. The highest BCUT2D eigenvalue weighted by Gasteiger charge is 2.07. The molecule has 7 heteroatoms. The number of aliphatic hydroxyl groups is 1. The van der Waals surface area contributed by atoms with Gasteiger partial charge in [-0.2, -0.15) is 0 Å². The van der Waals surface area contributed by atoms with E-state index in [2.05, 4.69) is 5.32 Å². The average Bonchev–Trinajstić information content (AvgIpc) is 2.35. The van der Waals surface area contributed by atoms with Gasteiger partial charge >= 0.3 is 0 Å². The van der Waals surface area contributed by atoms with Crippen LogP contribution in [0.5, 0.6) is 5.75 Å². The zero-order valence-electron chi connectivity index (χ0n) is 10.6. The molecule has 0 aliphatic carbocycles. The molecule has 2 N–H and O–H groups in total. The van der Waals surface area contributed by atoms with E-state index < -0.39 is 16.9 Å². The summed E-state index contributed by atoms with van der Waals surface area (Å²) >= 11 is 11.7. The first kappa shape index (κ1) is 16.7. The van der Waals surface area contributed by atoms with Crippen molar-refractivity contribution in [1.82, 2.24) is 5.32 Å². The number of ether oxygens (including phenoxy) is 1. The van der Waals surface area contributed by atoms with Gasteiger partial charge in [0.05, 0.1) is 5.02 Å². The van der Waals surface area contributed by atoms with Crippen LogP contribution < -0.4 is 10.1 Å². The highest BCUT2D eigenvalue weighted by molar-refractivity contribution is 7.84. The van der Waals surface area contributed by atoms with Crippen LogP contribution in [0, 0.1) is 0 Å². The molecule has 2 atom stereocenters. The second kappa shape index (κ2) is 8.76. The van der Waals surface area contributed by atoms with Crippen molar-refractivity contribution in [1.29, 1.82) is 0 Å². The van der Waals surface area contributed by atoms with E-state index in [0.29, 0.717) is 34.6 Å². The second-order valence-corrected chi connectivity index (χ2v) is 6.42. The molecule has 1 aromatic rings. The molecule has 0 radical (unpaired) electrons. The van der Waals surface area contributed by atoms with Crippen LogP contribution in [0.2, 0.25) is 10.0 Å². The van der Waals surface area contributed by atoms with Gasteiger partial charge in [0, 0.05) is 47.0 Å². The maximum Gasteiger partial charge on any atom is 0.139 e. The zero-order valence-corrected chi connectivity index (χ0v) is 12.9. The fourth-order valence-electron chi connectivity index (χ4n) is 1.32. The van der Waals surface area contributed by atoms with Gasteiger partial charge in [-0.3, -0.25) is 4.21 Å². The Kier molecular flexibility index (Phi) is 7.71. The molecule has 0 aromatic heterocycles. The number of hydrogen-bond donors (Lipinski definition) is 2. The van der Waals surface area contributed by atoms with Gasteiger partial charge in [0.25, 0.3) is 0 Å². The molecule has 0 heterocycles. The molecule has 0 saturated heterocycles. The lowest BCUT2D eigenvalue weighted by Crippen LogP contribution is -2.33. The lowest BCUT2D eigenvalue weighted by atomic mass is 10.3. The number of nitrogens with one attached hydrogen (secondary N) is 1. The minimum atomic E-state index is -0.827. The smallest absolute Gasteiger partial charge is 0.139 e. The molecule has 0 saturated carbocycles. The van der Waals surface area contributed by atoms with E-state index in [1.807, 2.05) is 0 Å². The van der Waals surface area contributed by atoms with Crippen LogP contribution >= 0.6 is 23.2 Å². The maximum atomic E-state index is 10.8. The van der Waals surface area contributed by atoms with Crippen molar-refractivity contribution >= 4 is 34.0 Å². The van der Waals surface area contributed by atoms with Crippen LogP contribution in [0.3, 0.4) is 0 Å². The summed E-state index contributed by atoms with van der Waals surface area (Å²) < 4.78 is 16.2. The third-order valence-electron chi connectivity index (χ3n) is 2.27. The minimum absolute atomic E-state index is 0.113. The molecule has 0 aliphatic rings. The van der Waals surface area contributed by atoms with Crippen LogP contribution in [0.4, 0.5) is 0 Å². The van der Waals surface area contributed by atoms with E-state index >= 15 is 0 Å². The first-order valence-corrected chi connectivity index (χ1v) is 8.24. The van der Waals surface area contributed by atoms with Gasteiger partial charge in [-0.15, -0.1) is 0 Å². The number of hydrogen-bond acceptors (Lipinski definition) is 4. The largest absolute Gasteiger partial charge is 0.489 e. The van der Waals surface area contributed by atoms with Crippen LogP contribution in [0.15, 0.2) is 18.2 Å². The highest BCUT2D eigenvalue weighted by atomic mass is 35.5. The summed E-state index contributed by atoms with van der Waals surface area (Å²) in [6.07, 6.45) is 0.975. The second-order valence-electron chi connectivity index (χ2n) is 4.02. The summed E-state index contributed by atoms with van der Waals surface area (Å²) in [6.45, 7) is 1.08. The van der Waals surface area contributed by atoms with Crippen LogP contribution in [-0.2, 0) is 10.8 Å². The first-order chi connectivity index (χ1) is 8.99. The Hall–Kier alpha value is -0.330. The zero-order chi connectivity index (χ0) is 14.3. The standard InChI is InChI=1S/C12H17Cl2NO3S/c1-19(17)5-4-15-7-10(16)8-18-12-6-9(13)2-3-11(12)14/h2-3,6,10,15-16H,4-5,7-8H2,1H3. The lowest BCUT2D eigenvalue weighted by molar-refractivity contribution is 0.107. The number of benzene rings is 1. The molecule has 1 rings (SSSR count). The Labute approximate surface area is 125 Å². The van der Waals surface area contributed by atoms with Crippen molar-refractivity contribution in [2.45, 2.75) is 6.10 Å². The third-order valence-corrected chi connectivity index (χ3v) is 3.60. The van der Waals surface area contributed by atoms with Crippen molar-refractivity contribution in [2.75, 3.05) is 31.7 Å². The van der Waals surface area contributed by atoms with Crippen molar-refractivity contribution in [3.8, 4) is 5.75 Å². The van der Waals surface area contributed by atoms with Crippen molar-refractivity contribution < 1.29 is 14.1 Å². The van der Waals surface area contributed by atoms with E-state index in [9.17, 15) is 9.32 Å². The Morgan fingerprint density at radius 1 is 1.47 bits per heavy atom. The van der Waals surface area contributed by atoms with Gasteiger partial charge in [-0.05, 0) is 12.1 Å². The van der Waals surface area contributed by atoms with Gasteiger partial charge in [0.1, 0.15) is 18.5 Å². The molecular weight excluding hydrogens is 309 g/mol. The Balaban J connectivity index is 2.27. The summed E-state index contributed by atoms with van der Waals surface area (Å²) in [4.78, 5) is 0.